The van der Waals surface area contributed by atoms with Crippen LogP contribution in [0.3, 0.4) is 0 Å². The molecule has 0 fully saturated rings. The Bertz CT molecular complexity index is 823. The number of carbonyl (C=O) groups is 1. The molecule has 0 bridgehead atoms. The van der Waals surface area contributed by atoms with Gasteiger partial charge in [-0.1, -0.05) is 66.7 Å². The molecule has 0 amide bonds. The Morgan fingerprint density at radius 2 is 1.52 bits per heavy atom. The van der Waals surface area contributed by atoms with Crippen molar-refractivity contribution in [1.82, 2.24) is 0 Å². The highest BCUT2D eigenvalue weighted by Gasteiger charge is 2.07. The third-order valence-corrected chi connectivity index (χ3v) is 4.04. The van der Waals surface area contributed by atoms with Gasteiger partial charge in [-0.05, 0) is 40.8 Å². The van der Waals surface area contributed by atoms with E-state index in [0.29, 0.717) is 13.0 Å². The lowest BCUT2D eigenvalue weighted by Gasteiger charge is -2.11. The van der Waals surface area contributed by atoms with Crippen molar-refractivity contribution in [2.75, 3.05) is 0 Å². The summed E-state index contributed by atoms with van der Waals surface area (Å²) in [5.41, 5.74) is 4.31. The zero-order valence-corrected chi connectivity index (χ0v) is 13.9. The van der Waals surface area contributed by atoms with E-state index >= 15 is 0 Å². The zero-order valence-electron chi connectivity index (χ0n) is 13.9. The van der Waals surface area contributed by atoms with Crippen LogP contribution in [-0.2, 0) is 17.8 Å². The summed E-state index contributed by atoms with van der Waals surface area (Å²) in [5.74, 6) is 0.0371. The van der Waals surface area contributed by atoms with E-state index in [9.17, 15) is 4.79 Å². The summed E-state index contributed by atoms with van der Waals surface area (Å²) in [5, 5.41) is 8.91. The van der Waals surface area contributed by atoms with Gasteiger partial charge in [-0.15, -0.1) is 0 Å². The van der Waals surface area contributed by atoms with Crippen LogP contribution in [0.25, 0.3) is 11.1 Å². The number of aliphatic carboxylic acids is 1. The fourth-order valence-corrected chi connectivity index (χ4v) is 2.73. The molecule has 0 aliphatic carbocycles. The van der Waals surface area contributed by atoms with E-state index in [1.165, 1.54) is 0 Å². The van der Waals surface area contributed by atoms with Crippen LogP contribution in [0.5, 0.6) is 5.75 Å². The first kappa shape index (κ1) is 16.8. The highest BCUT2D eigenvalue weighted by Crippen LogP contribution is 2.27. The van der Waals surface area contributed by atoms with Gasteiger partial charge in [0.2, 0.25) is 0 Å². The fraction of sp³-hybridized carbons (Fsp3) is 0.136. The highest BCUT2D eigenvalue weighted by molar-refractivity contribution is 5.71. The van der Waals surface area contributed by atoms with Crippen molar-refractivity contribution in [1.29, 1.82) is 0 Å². The molecule has 0 atom stereocenters. The third-order valence-electron chi connectivity index (χ3n) is 4.04. The number of rotatable bonds is 7. The minimum absolute atomic E-state index is 0.134. The second-order valence-corrected chi connectivity index (χ2v) is 5.85. The SMILES string of the molecule is O=C(O)CCc1ccccc1-c1ccc(OCc2ccccc2)cc1. The Morgan fingerprint density at radius 1 is 0.840 bits per heavy atom. The van der Waals surface area contributed by atoms with Crippen LogP contribution in [-0.4, -0.2) is 11.1 Å². The van der Waals surface area contributed by atoms with Crippen molar-refractivity contribution in [3.63, 3.8) is 0 Å². The molecular weight excluding hydrogens is 312 g/mol. The summed E-state index contributed by atoms with van der Waals surface area (Å²) in [6, 6.07) is 25.9. The van der Waals surface area contributed by atoms with Crippen LogP contribution < -0.4 is 4.74 Å². The van der Waals surface area contributed by atoms with Crippen molar-refractivity contribution in [2.45, 2.75) is 19.4 Å². The molecule has 3 rings (SSSR count). The predicted octanol–water partition coefficient (Wildman–Crippen LogP) is 4.95. The summed E-state index contributed by atoms with van der Waals surface area (Å²) < 4.78 is 5.81. The van der Waals surface area contributed by atoms with Gasteiger partial charge in [0.25, 0.3) is 0 Å². The molecule has 0 aliphatic rings. The molecule has 0 aliphatic heterocycles. The molecule has 0 unspecified atom stereocenters. The first-order chi connectivity index (χ1) is 12.2. The molecule has 0 saturated heterocycles. The van der Waals surface area contributed by atoms with Gasteiger partial charge >= 0.3 is 5.97 Å². The minimum Gasteiger partial charge on any atom is -0.489 e. The zero-order chi connectivity index (χ0) is 17.5. The molecule has 0 aromatic heterocycles. The smallest absolute Gasteiger partial charge is 0.303 e. The van der Waals surface area contributed by atoms with Gasteiger partial charge in [0.15, 0.2) is 0 Å². The van der Waals surface area contributed by atoms with Gasteiger partial charge in [0, 0.05) is 6.42 Å². The summed E-state index contributed by atoms with van der Waals surface area (Å²) in [7, 11) is 0. The first-order valence-electron chi connectivity index (χ1n) is 8.29. The lowest BCUT2D eigenvalue weighted by molar-refractivity contribution is -0.136. The van der Waals surface area contributed by atoms with E-state index in [0.717, 1.165) is 28.0 Å². The highest BCUT2D eigenvalue weighted by atomic mass is 16.5. The number of aryl methyl sites for hydroxylation is 1. The molecular formula is C22H20O3. The minimum atomic E-state index is -0.778. The average Bonchev–Trinajstić information content (AvgIpc) is 2.66. The molecule has 1 N–H and O–H groups in total. The number of hydrogen-bond acceptors (Lipinski definition) is 2. The Labute approximate surface area is 147 Å². The first-order valence-corrected chi connectivity index (χ1v) is 8.29. The Morgan fingerprint density at radius 3 is 2.24 bits per heavy atom. The molecule has 25 heavy (non-hydrogen) atoms. The molecule has 3 aromatic carbocycles. The third kappa shape index (κ3) is 4.70. The van der Waals surface area contributed by atoms with Gasteiger partial charge in [0.1, 0.15) is 12.4 Å². The monoisotopic (exact) mass is 332 g/mol. The fourth-order valence-electron chi connectivity index (χ4n) is 2.73. The average molecular weight is 332 g/mol. The van der Waals surface area contributed by atoms with Gasteiger partial charge in [-0.25, -0.2) is 0 Å². The summed E-state index contributed by atoms with van der Waals surface area (Å²) >= 11 is 0. The maximum atomic E-state index is 10.8. The number of benzene rings is 3. The number of carboxylic acid groups (broad SMARTS) is 1. The van der Waals surface area contributed by atoms with E-state index in [1.54, 1.807) is 0 Å². The summed E-state index contributed by atoms with van der Waals surface area (Å²) in [4.78, 5) is 10.8. The number of hydrogen-bond donors (Lipinski definition) is 1. The number of ether oxygens (including phenoxy) is 1. The van der Waals surface area contributed by atoms with Gasteiger partial charge in [-0.2, -0.15) is 0 Å². The predicted molar refractivity (Wildman–Crippen MR) is 98.6 cm³/mol. The van der Waals surface area contributed by atoms with Crippen molar-refractivity contribution in [3.8, 4) is 16.9 Å². The van der Waals surface area contributed by atoms with Crippen molar-refractivity contribution >= 4 is 5.97 Å². The number of carboxylic acids is 1. The second kappa shape index (κ2) is 8.15. The van der Waals surface area contributed by atoms with E-state index in [-0.39, 0.29) is 6.42 Å². The quantitative estimate of drug-likeness (QED) is 0.666. The summed E-state index contributed by atoms with van der Waals surface area (Å²) in [6.07, 6.45) is 0.660. The molecule has 3 aromatic rings. The van der Waals surface area contributed by atoms with Gasteiger partial charge in [-0.3, -0.25) is 4.79 Å². The van der Waals surface area contributed by atoms with Crippen LogP contribution >= 0.6 is 0 Å². The van der Waals surface area contributed by atoms with E-state index in [2.05, 4.69) is 0 Å². The lowest BCUT2D eigenvalue weighted by atomic mass is 9.97. The van der Waals surface area contributed by atoms with E-state index in [4.69, 9.17) is 9.84 Å². The van der Waals surface area contributed by atoms with Crippen LogP contribution in [0.15, 0.2) is 78.9 Å². The van der Waals surface area contributed by atoms with Crippen LogP contribution in [0.4, 0.5) is 0 Å². The van der Waals surface area contributed by atoms with Gasteiger partial charge in [0.05, 0.1) is 0 Å². The lowest BCUT2D eigenvalue weighted by Crippen LogP contribution is -1.99. The molecule has 0 radical (unpaired) electrons. The second-order valence-electron chi connectivity index (χ2n) is 5.85. The van der Waals surface area contributed by atoms with Crippen LogP contribution in [0, 0.1) is 0 Å². The Kier molecular flexibility index (Phi) is 5.47. The largest absolute Gasteiger partial charge is 0.489 e. The normalized spacial score (nSPS) is 10.4. The molecule has 3 heteroatoms. The maximum absolute atomic E-state index is 10.8. The molecule has 126 valence electrons. The van der Waals surface area contributed by atoms with Crippen molar-refractivity contribution in [3.05, 3.63) is 90.0 Å². The van der Waals surface area contributed by atoms with Crippen molar-refractivity contribution < 1.29 is 14.6 Å². The van der Waals surface area contributed by atoms with Crippen molar-refractivity contribution in [2.24, 2.45) is 0 Å². The molecule has 3 nitrogen and oxygen atoms in total. The van der Waals surface area contributed by atoms with Crippen LogP contribution in [0.2, 0.25) is 0 Å². The molecule has 0 heterocycles. The molecule has 0 saturated carbocycles. The Hall–Kier alpha value is -3.07. The van der Waals surface area contributed by atoms with Crippen LogP contribution in [0.1, 0.15) is 17.5 Å². The van der Waals surface area contributed by atoms with E-state index < -0.39 is 5.97 Å². The Balaban J connectivity index is 1.71. The summed E-state index contributed by atoms with van der Waals surface area (Å²) in [6.45, 7) is 0.537. The maximum Gasteiger partial charge on any atom is 0.303 e. The van der Waals surface area contributed by atoms with Gasteiger partial charge < -0.3 is 9.84 Å². The van der Waals surface area contributed by atoms with E-state index in [1.807, 2.05) is 78.9 Å². The standard InChI is InChI=1S/C22H20O3/c23-22(24)15-12-18-8-4-5-9-21(18)19-10-13-20(14-11-19)25-16-17-6-2-1-3-7-17/h1-11,13-14H,12,15-16H2,(H,23,24). The topological polar surface area (TPSA) is 46.5 Å². The molecule has 0 spiro atoms.